The van der Waals surface area contributed by atoms with Crippen LogP contribution in [0.5, 0.6) is 0 Å². The van der Waals surface area contributed by atoms with E-state index < -0.39 is 10.0 Å². The van der Waals surface area contributed by atoms with Gasteiger partial charge in [-0.3, -0.25) is 5.01 Å². The Balaban J connectivity index is 1.44. The third-order valence-electron chi connectivity index (χ3n) is 7.91. The Kier molecular flexibility index (Phi) is 7.94. The maximum Gasteiger partial charge on any atom is 0.243 e. The first-order valence-corrected chi connectivity index (χ1v) is 15.3. The monoisotopic (exact) mass is 565 g/mol. The molecule has 0 fully saturated rings. The molecule has 0 amide bonds. The molecule has 0 unspecified atom stereocenters. The van der Waals surface area contributed by atoms with Crippen LogP contribution in [0.3, 0.4) is 0 Å². The van der Waals surface area contributed by atoms with Crippen molar-refractivity contribution < 1.29 is 12.8 Å². The second-order valence-electron chi connectivity index (χ2n) is 12.0. The van der Waals surface area contributed by atoms with E-state index in [0.29, 0.717) is 31.0 Å². The molecule has 214 valence electrons. The van der Waals surface area contributed by atoms with E-state index in [1.807, 2.05) is 37.4 Å². The number of hydrogen-bond acceptors (Lipinski definition) is 6. The lowest BCUT2D eigenvalue weighted by atomic mass is 9.79. The van der Waals surface area contributed by atoms with Crippen molar-refractivity contribution in [2.24, 2.45) is 5.92 Å². The van der Waals surface area contributed by atoms with E-state index >= 15 is 0 Å². The molecular formula is C31H40FN5O2S. The number of nitrogens with zero attached hydrogens (tertiary/aromatic N) is 3. The first-order chi connectivity index (χ1) is 18.9. The summed E-state index contributed by atoms with van der Waals surface area (Å²) < 4.78 is 42.8. The predicted molar refractivity (Wildman–Crippen MR) is 159 cm³/mol. The third-order valence-corrected chi connectivity index (χ3v) is 9.77. The standard InChI is InChI=1S/C31H40FN5O2S/c1-31(2,3)23-6-12-26(13-7-23)40(38,39)36-16-14-22-18-30-28(20-34-37(30)25-10-8-24(32)9-11-25)27(29(22)21-36)19-33-15-17-35(4)5/h6-13,18,20,27,33-34H,14-17,19,21H2,1-5H3/t27-/m1/s1. The highest BCUT2D eigenvalue weighted by atomic mass is 32.2. The molecule has 2 aliphatic heterocycles. The van der Waals surface area contributed by atoms with E-state index in [2.05, 4.69) is 42.5 Å². The molecule has 0 radical (unpaired) electrons. The molecule has 9 heteroatoms. The third kappa shape index (κ3) is 5.74. The van der Waals surface area contributed by atoms with Crippen LogP contribution in [0.25, 0.3) is 0 Å². The van der Waals surface area contributed by atoms with Gasteiger partial charge < -0.3 is 15.6 Å². The minimum atomic E-state index is -3.64. The lowest BCUT2D eigenvalue weighted by Gasteiger charge is -2.37. The zero-order chi connectivity index (χ0) is 28.7. The van der Waals surface area contributed by atoms with Crippen LogP contribution in [0.2, 0.25) is 0 Å². The molecule has 0 bridgehead atoms. The highest BCUT2D eigenvalue weighted by Gasteiger charge is 2.39. The van der Waals surface area contributed by atoms with Gasteiger partial charge in [-0.15, -0.1) is 0 Å². The van der Waals surface area contributed by atoms with Crippen molar-refractivity contribution in [2.45, 2.75) is 37.5 Å². The van der Waals surface area contributed by atoms with E-state index in [1.54, 1.807) is 28.6 Å². The van der Waals surface area contributed by atoms with Gasteiger partial charge in [0.1, 0.15) is 5.82 Å². The molecule has 0 aromatic heterocycles. The summed E-state index contributed by atoms with van der Waals surface area (Å²) in [7, 11) is 0.450. The molecule has 3 aliphatic rings. The summed E-state index contributed by atoms with van der Waals surface area (Å²) in [5.41, 5.74) is 9.71. The number of hydrazine groups is 1. The summed E-state index contributed by atoms with van der Waals surface area (Å²) >= 11 is 0. The fourth-order valence-electron chi connectivity index (χ4n) is 5.53. The van der Waals surface area contributed by atoms with E-state index in [9.17, 15) is 12.8 Å². The largest absolute Gasteiger partial charge is 0.315 e. The van der Waals surface area contributed by atoms with Gasteiger partial charge in [-0.05, 0) is 85.1 Å². The number of allylic oxidation sites excluding steroid dienone is 2. The number of anilines is 1. The molecule has 0 saturated heterocycles. The SMILES string of the molecule is CN(C)CCNC[C@@H]1C2=CNN(c3ccc(F)cc3)C2=CC2=C1CN(S(=O)(=O)c1ccc(C(C)(C)C)cc1)CC2. The van der Waals surface area contributed by atoms with Crippen molar-refractivity contribution in [1.29, 1.82) is 0 Å². The van der Waals surface area contributed by atoms with Crippen molar-refractivity contribution in [1.82, 2.24) is 19.9 Å². The Hall–Kier alpha value is -2.98. The Morgan fingerprint density at radius 3 is 2.42 bits per heavy atom. The highest BCUT2D eigenvalue weighted by Crippen LogP contribution is 2.42. The van der Waals surface area contributed by atoms with Gasteiger partial charge in [0, 0.05) is 50.4 Å². The number of rotatable bonds is 8. The Labute approximate surface area is 238 Å². The summed E-state index contributed by atoms with van der Waals surface area (Å²) in [5.74, 6) is -0.264. The molecule has 7 nitrogen and oxygen atoms in total. The van der Waals surface area contributed by atoms with Crippen LogP contribution in [0, 0.1) is 11.7 Å². The van der Waals surface area contributed by atoms with Crippen LogP contribution in [0.1, 0.15) is 32.8 Å². The summed E-state index contributed by atoms with van der Waals surface area (Å²) in [5, 5.41) is 5.57. The minimum absolute atomic E-state index is 0.0105. The predicted octanol–water partition coefficient (Wildman–Crippen LogP) is 4.39. The first kappa shape index (κ1) is 28.5. The van der Waals surface area contributed by atoms with Crippen LogP contribution in [0.4, 0.5) is 10.1 Å². The smallest absolute Gasteiger partial charge is 0.243 e. The van der Waals surface area contributed by atoms with Crippen molar-refractivity contribution >= 4 is 15.7 Å². The van der Waals surface area contributed by atoms with E-state index in [-0.39, 0.29) is 17.2 Å². The number of likely N-dealkylation sites (N-methyl/N-ethyl adjacent to an activating group) is 1. The molecule has 2 aromatic carbocycles. The Bertz CT molecular complexity index is 1440. The molecule has 0 spiro atoms. The number of fused-ring (bicyclic) bond motifs is 1. The van der Waals surface area contributed by atoms with E-state index in [0.717, 1.165) is 41.2 Å². The number of sulfonamides is 1. The summed E-state index contributed by atoms with van der Waals surface area (Å²) in [6.07, 6.45) is 4.80. The van der Waals surface area contributed by atoms with Gasteiger partial charge in [-0.25, -0.2) is 12.8 Å². The van der Waals surface area contributed by atoms with Crippen LogP contribution in [0.15, 0.2) is 88.1 Å². The van der Waals surface area contributed by atoms with Crippen LogP contribution < -0.4 is 15.8 Å². The van der Waals surface area contributed by atoms with Gasteiger partial charge in [-0.1, -0.05) is 32.9 Å². The van der Waals surface area contributed by atoms with Gasteiger partial charge in [0.05, 0.1) is 16.3 Å². The minimum Gasteiger partial charge on any atom is -0.315 e. The van der Waals surface area contributed by atoms with Crippen LogP contribution in [-0.4, -0.2) is 64.4 Å². The van der Waals surface area contributed by atoms with Crippen molar-refractivity contribution in [2.75, 3.05) is 51.8 Å². The summed E-state index contributed by atoms with van der Waals surface area (Å²) in [6.45, 7) is 9.58. The second kappa shape index (κ2) is 11.1. The fourth-order valence-corrected chi connectivity index (χ4v) is 6.95. The van der Waals surface area contributed by atoms with Gasteiger partial charge in [0.2, 0.25) is 10.0 Å². The van der Waals surface area contributed by atoms with Crippen LogP contribution in [-0.2, 0) is 15.4 Å². The summed E-state index contributed by atoms with van der Waals surface area (Å²) in [6, 6.07) is 13.8. The van der Waals surface area contributed by atoms with Crippen molar-refractivity contribution in [3.63, 3.8) is 0 Å². The molecule has 1 aliphatic carbocycles. The lowest BCUT2D eigenvalue weighted by molar-refractivity contribution is 0.384. The molecular weight excluding hydrogens is 525 g/mol. The van der Waals surface area contributed by atoms with Gasteiger partial charge >= 0.3 is 0 Å². The normalized spacial score (nSPS) is 19.8. The van der Waals surface area contributed by atoms with E-state index in [4.69, 9.17) is 0 Å². The van der Waals surface area contributed by atoms with Crippen LogP contribution >= 0.6 is 0 Å². The molecule has 2 heterocycles. The molecule has 1 atom stereocenters. The van der Waals surface area contributed by atoms with Gasteiger partial charge in [0.25, 0.3) is 0 Å². The topological polar surface area (TPSA) is 67.9 Å². The number of hydrogen-bond donors (Lipinski definition) is 2. The molecule has 5 rings (SSSR count). The number of halogens is 1. The Morgan fingerprint density at radius 1 is 1.07 bits per heavy atom. The van der Waals surface area contributed by atoms with Crippen molar-refractivity contribution in [3.8, 4) is 0 Å². The van der Waals surface area contributed by atoms with Crippen molar-refractivity contribution in [3.05, 3.63) is 94.6 Å². The zero-order valence-corrected chi connectivity index (χ0v) is 24.9. The second-order valence-corrected chi connectivity index (χ2v) is 14.0. The first-order valence-electron chi connectivity index (χ1n) is 13.9. The quantitative estimate of drug-likeness (QED) is 0.463. The van der Waals surface area contributed by atoms with E-state index in [1.165, 1.54) is 17.7 Å². The lowest BCUT2D eigenvalue weighted by Crippen LogP contribution is -2.42. The molecule has 0 saturated carbocycles. The summed E-state index contributed by atoms with van der Waals surface area (Å²) in [4.78, 5) is 2.47. The fraction of sp³-hybridized carbons (Fsp3) is 0.419. The number of benzene rings is 2. The average Bonchev–Trinajstić information content (AvgIpc) is 3.33. The average molecular weight is 566 g/mol. The maximum absolute atomic E-state index is 13.8. The highest BCUT2D eigenvalue weighted by molar-refractivity contribution is 7.89. The van der Waals surface area contributed by atoms with Gasteiger partial charge in [-0.2, -0.15) is 4.31 Å². The zero-order valence-electron chi connectivity index (χ0n) is 24.0. The van der Waals surface area contributed by atoms with Gasteiger partial charge in [0.15, 0.2) is 0 Å². The maximum atomic E-state index is 13.8. The molecule has 2 aromatic rings. The molecule has 2 N–H and O–H groups in total. The number of nitrogens with one attached hydrogen (secondary N) is 2. The molecule has 40 heavy (non-hydrogen) atoms. The Morgan fingerprint density at radius 2 is 1.77 bits per heavy atom.